The zero-order chi connectivity index (χ0) is 13.5. The van der Waals surface area contributed by atoms with Crippen LogP contribution in [0.5, 0.6) is 0 Å². The lowest BCUT2D eigenvalue weighted by atomic mass is 10.0. The topological polar surface area (TPSA) is 23.5 Å². The molecule has 0 amide bonds. The van der Waals surface area contributed by atoms with Gasteiger partial charge in [0.05, 0.1) is 19.2 Å². The van der Waals surface area contributed by atoms with E-state index < -0.39 is 6.10 Å². The lowest BCUT2D eigenvalue weighted by Crippen LogP contribution is -2.29. The number of hydrogen-bond donors (Lipinski definition) is 1. The third-order valence-corrected chi connectivity index (χ3v) is 2.65. The van der Waals surface area contributed by atoms with Gasteiger partial charge in [-0.2, -0.15) is 0 Å². The first-order chi connectivity index (χ1) is 8.58. The first-order valence-electron chi connectivity index (χ1n) is 5.62. The molecule has 1 rings (SSSR count). The van der Waals surface area contributed by atoms with Gasteiger partial charge in [-0.1, -0.05) is 17.9 Å². The summed E-state index contributed by atoms with van der Waals surface area (Å²) in [5, 5.41) is 10.1. The third kappa shape index (κ3) is 3.89. The highest BCUT2D eigenvalue weighted by atomic mass is 19.1. The summed E-state index contributed by atoms with van der Waals surface area (Å²) in [7, 11) is 0. The van der Waals surface area contributed by atoms with E-state index in [2.05, 4.69) is 11.8 Å². The fourth-order valence-electron chi connectivity index (χ4n) is 1.80. The summed E-state index contributed by atoms with van der Waals surface area (Å²) in [6.07, 6.45) is 9.74. The molecule has 1 aromatic carbocycles. The van der Waals surface area contributed by atoms with Crippen molar-refractivity contribution in [2.24, 2.45) is 0 Å². The van der Waals surface area contributed by atoms with Crippen LogP contribution in [0.3, 0.4) is 0 Å². The normalized spacial score (nSPS) is 11.9. The summed E-state index contributed by atoms with van der Waals surface area (Å²) >= 11 is 0. The summed E-state index contributed by atoms with van der Waals surface area (Å²) < 4.78 is 13.0. The van der Waals surface area contributed by atoms with Crippen LogP contribution in [0.4, 0.5) is 4.39 Å². The van der Waals surface area contributed by atoms with Crippen molar-refractivity contribution >= 4 is 0 Å². The van der Waals surface area contributed by atoms with Crippen molar-refractivity contribution in [2.45, 2.75) is 13.0 Å². The molecule has 0 saturated carbocycles. The molecule has 0 aliphatic carbocycles. The van der Waals surface area contributed by atoms with Crippen LogP contribution < -0.4 is 0 Å². The van der Waals surface area contributed by atoms with Crippen LogP contribution >= 0.6 is 0 Å². The number of aliphatic hydroxyl groups is 1. The molecule has 0 heterocycles. The zero-order valence-corrected chi connectivity index (χ0v) is 10.4. The highest BCUT2D eigenvalue weighted by Crippen LogP contribution is 2.19. The van der Waals surface area contributed by atoms with E-state index >= 15 is 0 Å². The Kier molecular flexibility index (Phi) is 5.39. The quantitative estimate of drug-likeness (QED) is 0.799. The second-order valence-corrected chi connectivity index (χ2v) is 4.09. The van der Waals surface area contributed by atoms with Gasteiger partial charge in [0.15, 0.2) is 0 Å². The molecule has 1 N–H and O–H groups in total. The Morgan fingerprint density at radius 2 is 1.94 bits per heavy atom. The van der Waals surface area contributed by atoms with E-state index in [0.717, 1.165) is 0 Å². The molecule has 1 aromatic rings. The molecule has 0 aromatic heterocycles. The maximum absolute atomic E-state index is 13.0. The average Bonchev–Trinajstić information content (AvgIpc) is 2.29. The molecule has 0 radical (unpaired) electrons. The standard InChI is InChI=1S/C15H16FNO/c1-4-8-17(9-5-2)11-15(18)14-7-6-13(16)10-12(14)3/h1-2,6-7,10,15,18H,8-9,11H2,3H3. The number of hydrogen-bond acceptors (Lipinski definition) is 2. The molecule has 0 bridgehead atoms. The molecule has 94 valence electrons. The molecule has 0 aliphatic rings. The van der Waals surface area contributed by atoms with Crippen molar-refractivity contribution in [3.8, 4) is 24.7 Å². The number of benzene rings is 1. The Bertz CT molecular complexity index is 468. The predicted octanol–water partition coefficient (Wildman–Crippen LogP) is 1.74. The van der Waals surface area contributed by atoms with Crippen molar-refractivity contribution in [3.63, 3.8) is 0 Å². The largest absolute Gasteiger partial charge is 0.387 e. The minimum absolute atomic E-state index is 0.312. The molecular formula is C15H16FNO. The Balaban J connectivity index is 2.77. The van der Waals surface area contributed by atoms with Crippen LogP contribution in [0.2, 0.25) is 0 Å². The van der Waals surface area contributed by atoms with Crippen molar-refractivity contribution in [3.05, 3.63) is 35.1 Å². The molecule has 0 saturated heterocycles. The number of halogens is 1. The number of rotatable bonds is 5. The van der Waals surface area contributed by atoms with Crippen LogP contribution in [-0.2, 0) is 0 Å². The fraction of sp³-hybridized carbons (Fsp3) is 0.333. The Labute approximate surface area is 107 Å². The van der Waals surface area contributed by atoms with Crippen LogP contribution in [-0.4, -0.2) is 29.6 Å². The van der Waals surface area contributed by atoms with E-state index in [-0.39, 0.29) is 5.82 Å². The van der Waals surface area contributed by atoms with E-state index in [1.54, 1.807) is 17.9 Å². The van der Waals surface area contributed by atoms with Gasteiger partial charge in [0.25, 0.3) is 0 Å². The van der Waals surface area contributed by atoms with Gasteiger partial charge in [-0.05, 0) is 30.2 Å². The molecule has 0 aliphatic heterocycles. The van der Waals surface area contributed by atoms with E-state index in [9.17, 15) is 9.50 Å². The number of nitrogens with zero attached hydrogens (tertiary/aromatic N) is 1. The summed E-state index contributed by atoms with van der Waals surface area (Å²) in [5.74, 6) is 4.67. The van der Waals surface area contributed by atoms with Crippen molar-refractivity contribution in [1.29, 1.82) is 0 Å². The van der Waals surface area contributed by atoms with E-state index in [4.69, 9.17) is 12.8 Å². The minimum atomic E-state index is -0.729. The predicted molar refractivity (Wildman–Crippen MR) is 70.2 cm³/mol. The molecule has 1 atom stereocenters. The monoisotopic (exact) mass is 245 g/mol. The van der Waals surface area contributed by atoms with Crippen molar-refractivity contribution in [1.82, 2.24) is 4.90 Å². The smallest absolute Gasteiger partial charge is 0.123 e. The van der Waals surface area contributed by atoms with E-state index in [1.807, 2.05) is 0 Å². The highest BCUT2D eigenvalue weighted by molar-refractivity contribution is 5.28. The van der Waals surface area contributed by atoms with E-state index in [0.29, 0.717) is 30.8 Å². The first kappa shape index (κ1) is 14.3. The van der Waals surface area contributed by atoms with Gasteiger partial charge < -0.3 is 5.11 Å². The minimum Gasteiger partial charge on any atom is -0.387 e. The summed E-state index contributed by atoms with van der Waals surface area (Å²) in [6.45, 7) is 2.85. The first-order valence-corrected chi connectivity index (χ1v) is 5.62. The molecule has 2 nitrogen and oxygen atoms in total. The Hall–Kier alpha value is -1.81. The van der Waals surface area contributed by atoms with Gasteiger partial charge in [-0.15, -0.1) is 12.8 Å². The Morgan fingerprint density at radius 1 is 1.33 bits per heavy atom. The third-order valence-electron chi connectivity index (χ3n) is 2.65. The van der Waals surface area contributed by atoms with Crippen LogP contribution in [0.15, 0.2) is 18.2 Å². The highest BCUT2D eigenvalue weighted by Gasteiger charge is 2.14. The van der Waals surface area contributed by atoms with Gasteiger partial charge in [0.2, 0.25) is 0 Å². The number of aliphatic hydroxyl groups excluding tert-OH is 1. The SMILES string of the molecule is C#CCN(CC#C)CC(O)c1ccc(F)cc1C. The van der Waals surface area contributed by atoms with Gasteiger partial charge >= 0.3 is 0 Å². The van der Waals surface area contributed by atoms with Gasteiger partial charge in [-0.3, -0.25) is 4.90 Å². The molecular weight excluding hydrogens is 229 g/mol. The maximum atomic E-state index is 13.0. The maximum Gasteiger partial charge on any atom is 0.123 e. The molecule has 3 heteroatoms. The fourth-order valence-corrected chi connectivity index (χ4v) is 1.80. The summed E-state index contributed by atoms with van der Waals surface area (Å²) in [5.41, 5.74) is 1.40. The second-order valence-electron chi connectivity index (χ2n) is 4.09. The van der Waals surface area contributed by atoms with Gasteiger partial charge in [0, 0.05) is 6.54 Å². The molecule has 1 unspecified atom stereocenters. The van der Waals surface area contributed by atoms with Crippen LogP contribution in [0.1, 0.15) is 17.2 Å². The van der Waals surface area contributed by atoms with Crippen molar-refractivity contribution < 1.29 is 9.50 Å². The zero-order valence-electron chi connectivity index (χ0n) is 10.4. The number of aryl methyl sites for hydroxylation is 1. The molecule has 0 fully saturated rings. The lowest BCUT2D eigenvalue weighted by molar-refractivity contribution is 0.127. The summed E-state index contributed by atoms with van der Waals surface area (Å²) in [4.78, 5) is 1.79. The van der Waals surface area contributed by atoms with Crippen LogP contribution in [0.25, 0.3) is 0 Å². The summed E-state index contributed by atoms with van der Waals surface area (Å²) in [6, 6.07) is 4.31. The second kappa shape index (κ2) is 6.81. The lowest BCUT2D eigenvalue weighted by Gasteiger charge is -2.22. The van der Waals surface area contributed by atoms with E-state index in [1.165, 1.54) is 12.1 Å². The molecule has 0 spiro atoms. The molecule has 18 heavy (non-hydrogen) atoms. The van der Waals surface area contributed by atoms with Gasteiger partial charge in [0.1, 0.15) is 5.82 Å². The van der Waals surface area contributed by atoms with Crippen molar-refractivity contribution in [2.75, 3.05) is 19.6 Å². The van der Waals surface area contributed by atoms with Gasteiger partial charge in [-0.25, -0.2) is 4.39 Å². The van der Waals surface area contributed by atoms with Crippen LogP contribution in [0, 0.1) is 37.4 Å². The average molecular weight is 245 g/mol. The number of terminal acetylenes is 2. The Morgan fingerprint density at radius 3 is 2.44 bits per heavy atom.